The van der Waals surface area contributed by atoms with E-state index in [0.717, 1.165) is 38.2 Å². The maximum absolute atomic E-state index is 12.4. The van der Waals surface area contributed by atoms with Crippen molar-refractivity contribution < 1.29 is 4.79 Å². The van der Waals surface area contributed by atoms with Crippen LogP contribution in [0, 0.1) is 0 Å². The lowest BCUT2D eigenvalue weighted by atomic mass is 10.00. The summed E-state index contributed by atoms with van der Waals surface area (Å²) in [6, 6.07) is 11.0. The third kappa shape index (κ3) is 3.54. The van der Waals surface area contributed by atoms with Crippen molar-refractivity contribution in [2.24, 2.45) is 0 Å². The Kier molecular flexibility index (Phi) is 5.70. The molecule has 4 nitrogen and oxygen atoms in total. The van der Waals surface area contributed by atoms with Gasteiger partial charge in [-0.25, -0.2) is 0 Å². The summed E-state index contributed by atoms with van der Waals surface area (Å²) in [7, 11) is 4.11. The molecular weight excluding hydrogens is 370 g/mol. The van der Waals surface area contributed by atoms with Gasteiger partial charge in [-0.3, -0.25) is 4.79 Å². The van der Waals surface area contributed by atoms with Gasteiger partial charge in [-0.05, 0) is 67.4 Å². The molecule has 1 heterocycles. The van der Waals surface area contributed by atoms with E-state index in [1.54, 1.807) is 0 Å². The van der Waals surface area contributed by atoms with Crippen LogP contribution in [0.2, 0.25) is 0 Å². The molecule has 0 amide bonds. The predicted molar refractivity (Wildman–Crippen MR) is 127 cm³/mol. The fraction of sp³-hybridized carbons (Fsp3) is 0.423. The number of nitrogens with zero attached hydrogens (tertiary/aromatic N) is 3. The predicted octanol–water partition coefficient (Wildman–Crippen LogP) is 5.19. The maximum Gasteiger partial charge on any atom is 0.163 e. The Bertz CT molecular complexity index is 1130. The summed E-state index contributed by atoms with van der Waals surface area (Å²) in [6.45, 7) is 10.7. The molecule has 30 heavy (non-hydrogen) atoms. The number of allylic oxidation sites excluding steroid dienone is 1. The van der Waals surface area contributed by atoms with Crippen molar-refractivity contribution in [3.63, 3.8) is 0 Å². The molecule has 0 spiro atoms. The first-order valence-electron chi connectivity index (χ1n) is 11.1. The topological polar surface area (TPSA) is 28.5 Å². The third-order valence-electron chi connectivity index (χ3n) is 6.48. The number of ketones is 1. The number of hydrogen-bond donors (Lipinski definition) is 0. The zero-order valence-corrected chi connectivity index (χ0v) is 19.0. The average Bonchev–Trinajstić information content (AvgIpc) is 3.26. The normalized spacial score (nSPS) is 14.3. The number of carbonyl (C=O) groups excluding carboxylic acids is 1. The van der Waals surface area contributed by atoms with Gasteiger partial charge in [0, 0.05) is 67.2 Å². The highest BCUT2D eigenvalue weighted by atomic mass is 16.1. The molecule has 0 aliphatic heterocycles. The van der Waals surface area contributed by atoms with E-state index in [1.807, 2.05) is 0 Å². The molecule has 158 valence electrons. The molecule has 0 saturated heterocycles. The number of aromatic nitrogens is 1. The van der Waals surface area contributed by atoms with Crippen molar-refractivity contribution in [3.05, 3.63) is 53.2 Å². The van der Waals surface area contributed by atoms with Crippen LogP contribution >= 0.6 is 0 Å². The van der Waals surface area contributed by atoms with E-state index in [4.69, 9.17) is 0 Å². The fourth-order valence-electron chi connectivity index (χ4n) is 4.89. The first kappa shape index (κ1) is 20.7. The van der Waals surface area contributed by atoms with E-state index in [1.165, 1.54) is 38.5 Å². The number of carbonyl (C=O) groups is 1. The van der Waals surface area contributed by atoms with Crippen molar-refractivity contribution in [2.75, 3.05) is 33.7 Å². The Morgan fingerprint density at radius 2 is 1.80 bits per heavy atom. The Balaban J connectivity index is 1.93. The number of likely N-dealkylation sites (N-methyl/N-ethyl adjacent to an activating group) is 1. The van der Waals surface area contributed by atoms with Gasteiger partial charge in [-0.15, -0.1) is 0 Å². The Hall–Kier alpha value is -2.59. The van der Waals surface area contributed by atoms with Gasteiger partial charge in [0.2, 0.25) is 0 Å². The SMILES string of the molecule is CCN(CC)CCn1c2ccc(C(C)=CN(C)C)cc2c2c3c(ccc21)C(=O)CC3. The summed E-state index contributed by atoms with van der Waals surface area (Å²) < 4.78 is 2.46. The van der Waals surface area contributed by atoms with E-state index >= 15 is 0 Å². The summed E-state index contributed by atoms with van der Waals surface area (Å²) in [5.74, 6) is 0.288. The van der Waals surface area contributed by atoms with Crippen molar-refractivity contribution in [1.29, 1.82) is 0 Å². The highest BCUT2D eigenvalue weighted by molar-refractivity contribution is 6.15. The smallest absolute Gasteiger partial charge is 0.163 e. The molecule has 4 heteroatoms. The molecule has 4 rings (SSSR count). The Morgan fingerprint density at radius 1 is 1.07 bits per heavy atom. The molecule has 1 aliphatic rings. The number of hydrogen-bond acceptors (Lipinski definition) is 3. The lowest BCUT2D eigenvalue weighted by Crippen LogP contribution is -2.26. The van der Waals surface area contributed by atoms with E-state index in [0.29, 0.717) is 6.42 Å². The van der Waals surface area contributed by atoms with Crippen molar-refractivity contribution in [1.82, 2.24) is 14.4 Å². The number of aryl methyl sites for hydroxylation is 1. The minimum absolute atomic E-state index is 0.288. The molecule has 1 aromatic heterocycles. The van der Waals surface area contributed by atoms with Crippen LogP contribution in [-0.4, -0.2) is 53.9 Å². The number of rotatable bonds is 7. The van der Waals surface area contributed by atoms with Crippen LogP contribution in [0.4, 0.5) is 0 Å². The largest absolute Gasteiger partial charge is 0.383 e. The highest BCUT2D eigenvalue weighted by Crippen LogP contribution is 2.38. The van der Waals surface area contributed by atoms with E-state index in [9.17, 15) is 4.79 Å². The number of Topliss-reactive ketones (excluding diaryl/α,β-unsaturated/α-hetero) is 1. The monoisotopic (exact) mass is 403 g/mol. The lowest BCUT2D eigenvalue weighted by Gasteiger charge is -2.19. The van der Waals surface area contributed by atoms with Crippen molar-refractivity contribution >= 4 is 33.2 Å². The second kappa shape index (κ2) is 8.27. The molecule has 0 atom stereocenters. The second-order valence-corrected chi connectivity index (χ2v) is 8.60. The fourth-order valence-corrected chi connectivity index (χ4v) is 4.89. The van der Waals surface area contributed by atoms with Crippen LogP contribution in [0.3, 0.4) is 0 Å². The van der Waals surface area contributed by atoms with Crippen LogP contribution in [0.1, 0.15) is 48.7 Å². The van der Waals surface area contributed by atoms with E-state index in [-0.39, 0.29) is 5.78 Å². The van der Waals surface area contributed by atoms with E-state index in [2.05, 4.69) is 85.8 Å². The lowest BCUT2D eigenvalue weighted by molar-refractivity contribution is 0.0994. The van der Waals surface area contributed by atoms with Gasteiger partial charge in [0.1, 0.15) is 0 Å². The second-order valence-electron chi connectivity index (χ2n) is 8.60. The molecule has 0 N–H and O–H groups in total. The van der Waals surface area contributed by atoms with Crippen LogP contribution in [0.15, 0.2) is 36.5 Å². The van der Waals surface area contributed by atoms with Gasteiger partial charge < -0.3 is 14.4 Å². The molecule has 2 aromatic carbocycles. The highest BCUT2D eigenvalue weighted by Gasteiger charge is 2.25. The molecule has 0 saturated carbocycles. The zero-order chi connectivity index (χ0) is 21.4. The van der Waals surface area contributed by atoms with Crippen LogP contribution < -0.4 is 0 Å². The molecule has 0 fully saturated rings. The third-order valence-corrected chi connectivity index (χ3v) is 6.48. The molecule has 0 unspecified atom stereocenters. The van der Waals surface area contributed by atoms with Crippen molar-refractivity contribution in [3.8, 4) is 0 Å². The quantitative estimate of drug-likeness (QED) is 0.544. The standard InChI is InChI=1S/C26H33N3O/c1-6-28(7-2)14-15-29-23-11-8-19(18(3)17-27(4)5)16-22(23)26-21-10-13-25(30)20(21)9-12-24(26)29/h8-9,11-12,16-17H,6-7,10,13-15H2,1-5H3. The van der Waals surface area contributed by atoms with Gasteiger partial charge >= 0.3 is 0 Å². The van der Waals surface area contributed by atoms with Gasteiger partial charge in [0.25, 0.3) is 0 Å². The molecule has 1 aliphatic carbocycles. The number of fused-ring (bicyclic) bond motifs is 5. The minimum Gasteiger partial charge on any atom is -0.383 e. The molecule has 3 aromatic rings. The van der Waals surface area contributed by atoms with Gasteiger partial charge in [-0.1, -0.05) is 19.9 Å². The van der Waals surface area contributed by atoms with Crippen LogP contribution in [-0.2, 0) is 13.0 Å². The van der Waals surface area contributed by atoms with Gasteiger partial charge in [-0.2, -0.15) is 0 Å². The van der Waals surface area contributed by atoms with Crippen molar-refractivity contribution in [2.45, 2.75) is 40.2 Å². The summed E-state index contributed by atoms with van der Waals surface area (Å²) in [4.78, 5) is 17.0. The zero-order valence-electron chi connectivity index (χ0n) is 19.0. The van der Waals surface area contributed by atoms with Crippen LogP contribution in [0.5, 0.6) is 0 Å². The molecular formula is C26H33N3O. The van der Waals surface area contributed by atoms with Gasteiger partial charge in [0.15, 0.2) is 5.78 Å². The Labute approximate surface area is 179 Å². The summed E-state index contributed by atoms with van der Waals surface area (Å²) in [6.07, 6.45) is 3.66. The summed E-state index contributed by atoms with van der Waals surface area (Å²) in [5, 5.41) is 2.56. The first-order chi connectivity index (χ1) is 14.4. The minimum atomic E-state index is 0.288. The first-order valence-corrected chi connectivity index (χ1v) is 11.1. The van der Waals surface area contributed by atoms with Gasteiger partial charge in [0.05, 0.1) is 0 Å². The Morgan fingerprint density at radius 3 is 2.50 bits per heavy atom. The summed E-state index contributed by atoms with van der Waals surface area (Å²) in [5.41, 5.74) is 7.19. The van der Waals surface area contributed by atoms with Crippen LogP contribution in [0.25, 0.3) is 27.4 Å². The maximum atomic E-state index is 12.4. The average molecular weight is 404 g/mol. The molecule has 0 radical (unpaired) electrons. The van der Waals surface area contributed by atoms with E-state index < -0.39 is 0 Å². The summed E-state index contributed by atoms with van der Waals surface area (Å²) >= 11 is 0. The molecule has 0 bridgehead atoms. The number of benzene rings is 2.